The minimum atomic E-state index is -0.462. The molecule has 0 saturated carbocycles. The van der Waals surface area contributed by atoms with E-state index in [1.165, 1.54) is 6.20 Å². The summed E-state index contributed by atoms with van der Waals surface area (Å²) in [6.07, 6.45) is 1.52. The lowest BCUT2D eigenvalue weighted by Crippen LogP contribution is -2.23. The highest BCUT2D eigenvalue weighted by atomic mass is 35.5. The van der Waals surface area contributed by atoms with Crippen molar-refractivity contribution in [2.45, 2.75) is 6.92 Å². The minimum absolute atomic E-state index is 0.0672. The summed E-state index contributed by atoms with van der Waals surface area (Å²) >= 11 is 5.93. The van der Waals surface area contributed by atoms with Crippen LogP contribution in [0.5, 0.6) is 5.75 Å². The van der Waals surface area contributed by atoms with Gasteiger partial charge >= 0.3 is 0 Å². The van der Waals surface area contributed by atoms with Crippen LogP contribution in [-0.2, 0) is 7.05 Å². The average Bonchev–Trinajstić information content (AvgIpc) is 2.59. The number of aryl methyl sites for hydroxylation is 2. The Bertz CT molecular complexity index is 1040. The first-order valence-corrected chi connectivity index (χ1v) is 8.04. The van der Waals surface area contributed by atoms with E-state index in [2.05, 4.69) is 5.32 Å². The summed E-state index contributed by atoms with van der Waals surface area (Å²) in [5.74, 6) is 0.119. The molecule has 0 aliphatic heterocycles. The number of halogens is 1. The van der Waals surface area contributed by atoms with Crippen molar-refractivity contribution in [1.82, 2.24) is 4.57 Å². The molecule has 3 rings (SSSR count). The second kappa shape index (κ2) is 6.61. The molecule has 0 bridgehead atoms. The number of hydrogen-bond acceptors (Lipinski definition) is 3. The summed E-state index contributed by atoms with van der Waals surface area (Å²) < 4.78 is 7.03. The molecule has 0 fully saturated rings. The highest BCUT2D eigenvalue weighted by Gasteiger charge is 2.17. The van der Waals surface area contributed by atoms with Crippen LogP contribution in [0.2, 0.25) is 5.02 Å². The molecule has 0 aliphatic carbocycles. The molecule has 1 heterocycles. The number of fused-ring (bicyclic) bond motifs is 1. The molecule has 128 valence electrons. The molecule has 1 N–H and O–H groups in total. The van der Waals surface area contributed by atoms with Gasteiger partial charge in [0.1, 0.15) is 11.3 Å². The molecule has 0 spiro atoms. The number of aromatic nitrogens is 1. The quantitative estimate of drug-likeness (QED) is 0.777. The zero-order valence-corrected chi connectivity index (χ0v) is 14.8. The van der Waals surface area contributed by atoms with Gasteiger partial charge in [0.05, 0.1) is 18.0 Å². The van der Waals surface area contributed by atoms with Gasteiger partial charge < -0.3 is 14.6 Å². The summed E-state index contributed by atoms with van der Waals surface area (Å²) in [6, 6.07) is 10.3. The number of methoxy groups -OCH3 is 1. The lowest BCUT2D eigenvalue weighted by molar-refractivity contribution is 0.102. The lowest BCUT2D eigenvalue weighted by Gasteiger charge is -2.13. The van der Waals surface area contributed by atoms with Crippen LogP contribution < -0.4 is 15.5 Å². The molecule has 5 nitrogen and oxygen atoms in total. The lowest BCUT2D eigenvalue weighted by atomic mass is 10.1. The third-order valence-electron chi connectivity index (χ3n) is 4.06. The van der Waals surface area contributed by atoms with E-state index in [0.717, 1.165) is 5.56 Å². The van der Waals surface area contributed by atoms with Crippen LogP contribution >= 0.6 is 11.6 Å². The Morgan fingerprint density at radius 1 is 1.24 bits per heavy atom. The van der Waals surface area contributed by atoms with Crippen LogP contribution in [-0.4, -0.2) is 17.6 Å². The number of carbonyl (C=O) groups is 1. The molecule has 2 aromatic carbocycles. The van der Waals surface area contributed by atoms with E-state index >= 15 is 0 Å². The normalized spacial score (nSPS) is 10.7. The SMILES string of the molecule is COc1cccc2c(=O)c(C(=O)Nc3ccc(Cl)cc3C)cn(C)c12. The Morgan fingerprint density at radius 2 is 2.00 bits per heavy atom. The van der Waals surface area contributed by atoms with Crippen molar-refractivity contribution < 1.29 is 9.53 Å². The van der Waals surface area contributed by atoms with E-state index in [0.29, 0.717) is 27.4 Å². The molecule has 0 saturated heterocycles. The van der Waals surface area contributed by atoms with Gasteiger partial charge in [-0.15, -0.1) is 0 Å². The third-order valence-corrected chi connectivity index (χ3v) is 4.30. The highest BCUT2D eigenvalue weighted by molar-refractivity contribution is 6.30. The van der Waals surface area contributed by atoms with Crippen molar-refractivity contribution in [2.75, 3.05) is 12.4 Å². The molecule has 6 heteroatoms. The van der Waals surface area contributed by atoms with Gasteiger partial charge in [0.25, 0.3) is 5.91 Å². The maximum Gasteiger partial charge on any atom is 0.261 e. The molecule has 0 aliphatic rings. The molecular weight excluding hydrogens is 340 g/mol. The molecule has 0 atom stereocenters. The molecule has 0 radical (unpaired) electrons. The number of anilines is 1. The number of rotatable bonds is 3. The zero-order valence-electron chi connectivity index (χ0n) is 14.1. The molecule has 1 amide bonds. The Balaban J connectivity index is 2.08. The fourth-order valence-electron chi connectivity index (χ4n) is 2.81. The van der Waals surface area contributed by atoms with Gasteiger partial charge in [0.15, 0.2) is 0 Å². The first-order chi connectivity index (χ1) is 11.9. The van der Waals surface area contributed by atoms with Gasteiger partial charge in [-0.2, -0.15) is 0 Å². The second-order valence-electron chi connectivity index (χ2n) is 5.75. The number of hydrogen-bond donors (Lipinski definition) is 1. The van der Waals surface area contributed by atoms with Crippen molar-refractivity contribution in [2.24, 2.45) is 7.05 Å². The smallest absolute Gasteiger partial charge is 0.261 e. The van der Waals surface area contributed by atoms with Crippen molar-refractivity contribution in [1.29, 1.82) is 0 Å². The Labute approximate surface area is 149 Å². The second-order valence-corrected chi connectivity index (χ2v) is 6.19. The van der Waals surface area contributed by atoms with E-state index in [4.69, 9.17) is 16.3 Å². The summed E-state index contributed by atoms with van der Waals surface area (Å²) in [6.45, 7) is 1.84. The maximum absolute atomic E-state index is 12.8. The number of benzene rings is 2. The highest BCUT2D eigenvalue weighted by Crippen LogP contribution is 2.24. The fraction of sp³-hybridized carbons (Fsp3) is 0.158. The van der Waals surface area contributed by atoms with E-state index in [1.54, 1.807) is 55.1 Å². The van der Waals surface area contributed by atoms with Gasteiger partial charge in [0, 0.05) is 24.0 Å². The van der Waals surface area contributed by atoms with Crippen molar-refractivity contribution in [3.63, 3.8) is 0 Å². The van der Waals surface area contributed by atoms with Crippen LogP contribution in [0, 0.1) is 6.92 Å². The van der Waals surface area contributed by atoms with Gasteiger partial charge in [-0.3, -0.25) is 9.59 Å². The Morgan fingerprint density at radius 3 is 2.68 bits per heavy atom. The average molecular weight is 357 g/mol. The van der Waals surface area contributed by atoms with Crippen LogP contribution in [0.15, 0.2) is 47.4 Å². The monoisotopic (exact) mass is 356 g/mol. The largest absolute Gasteiger partial charge is 0.495 e. The van der Waals surface area contributed by atoms with Gasteiger partial charge in [0.2, 0.25) is 5.43 Å². The third kappa shape index (κ3) is 3.10. The van der Waals surface area contributed by atoms with Gasteiger partial charge in [-0.05, 0) is 42.8 Å². The molecule has 0 unspecified atom stereocenters. The fourth-order valence-corrected chi connectivity index (χ4v) is 3.04. The van der Waals surface area contributed by atoms with E-state index in [1.807, 2.05) is 6.92 Å². The van der Waals surface area contributed by atoms with Crippen LogP contribution in [0.3, 0.4) is 0 Å². The number of para-hydroxylation sites is 1. The number of amides is 1. The molecule has 1 aromatic heterocycles. The maximum atomic E-state index is 12.8. The molecular formula is C19H17ClN2O3. The zero-order chi connectivity index (χ0) is 18.1. The summed E-state index contributed by atoms with van der Waals surface area (Å²) in [7, 11) is 3.32. The summed E-state index contributed by atoms with van der Waals surface area (Å²) in [5.41, 5.74) is 1.81. The number of carbonyl (C=O) groups excluding carboxylic acids is 1. The van der Waals surface area contributed by atoms with E-state index < -0.39 is 5.91 Å². The Hall–Kier alpha value is -2.79. The summed E-state index contributed by atoms with van der Waals surface area (Å²) in [5, 5.41) is 3.79. The molecule has 25 heavy (non-hydrogen) atoms. The Kier molecular flexibility index (Phi) is 4.51. The van der Waals surface area contributed by atoms with Crippen LogP contribution in [0.1, 0.15) is 15.9 Å². The number of ether oxygens (including phenoxy) is 1. The first kappa shape index (κ1) is 17.0. The van der Waals surface area contributed by atoms with E-state index in [-0.39, 0.29) is 11.0 Å². The van der Waals surface area contributed by atoms with Gasteiger partial charge in [-0.1, -0.05) is 17.7 Å². The van der Waals surface area contributed by atoms with Gasteiger partial charge in [-0.25, -0.2) is 0 Å². The van der Waals surface area contributed by atoms with Crippen molar-refractivity contribution >= 4 is 34.1 Å². The van der Waals surface area contributed by atoms with Crippen molar-refractivity contribution in [3.8, 4) is 5.75 Å². The molecule has 3 aromatic rings. The van der Waals surface area contributed by atoms with Crippen LogP contribution in [0.4, 0.5) is 5.69 Å². The summed E-state index contributed by atoms with van der Waals surface area (Å²) in [4.78, 5) is 25.4. The number of pyridine rings is 1. The van der Waals surface area contributed by atoms with E-state index in [9.17, 15) is 9.59 Å². The standard InChI is InChI=1S/C19H17ClN2O3/c1-11-9-12(20)7-8-15(11)21-19(24)14-10-22(2)17-13(18(14)23)5-4-6-16(17)25-3/h4-10H,1-3H3,(H,21,24). The predicted molar refractivity (Wildman–Crippen MR) is 99.9 cm³/mol. The minimum Gasteiger partial charge on any atom is -0.495 e. The van der Waals surface area contributed by atoms with Crippen molar-refractivity contribution in [3.05, 3.63) is 69.0 Å². The number of nitrogens with zero attached hydrogens (tertiary/aromatic N) is 1. The number of nitrogens with one attached hydrogen (secondary N) is 1. The first-order valence-electron chi connectivity index (χ1n) is 7.66. The predicted octanol–water partition coefficient (Wildman–Crippen LogP) is 3.76. The van der Waals surface area contributed by atoms with Crippen LogP contribution in [0.25, 0.3) is 10.9 Å². The topological polar surface area (TPSA) is 60.3 Å².